The first kappa shape index (κ1) is 14.5. The van der Waals surface area contributed by atoms with Crippen LogP contribution in [0.15, 0.2) is 29.6 Å². The number of carbonyl (C=O) groups is 2. The number of imidazole rings is 1. The molecule has 0 fully saturated rings. The third kappa shape index (κ3) is 3.25. The number of halogens is 1. The van der Waals surface area contributed by atoms with E-state index in [0.717, 1.165) is 11.3 Å². The van der Waals surface area contributed by atoms with Crippen molar-refractivity contribution in [3.63, 3.8) is 0 Å². The standard InChI is InChI=1S/C14H14ClN5O2/c15-9-1-3-12-17-10(8-20(12)7-9)5-6-16-14(22)11-2-4-13(21)19-18-11/h1,3,7-8H,2,4-6H2,(H,16,22)(H,19,21). The second-order valence-electron chi connectivity index (χ2n) is 4.94. The molecule has 0 spiro atoms. The van der Waals surface area contributed by atoms with Gasteiger partial charge in [0.1, 0.15) is 11.4 Å². The molecule has 0 atom stereocenters. The summed E-state index contributed by atoms with van der Waals surface area (Å²) in [4.78, 5) is 27.3. The van der Waals surface area contributed by atoms with Gasteiger partial charge >= 0.3 is 0 Å². The van der Waals surface area contributed by atoms with Crippen LogP contribution >= 0.6 is 11.6 Å². The van der Waals surface area contributed by atoms with Crippen molar-refractivity contribution in [3.8, 4) is 0 Å². The lowest BCUT2D eigenvalue weighted by molar-refractivity contribution is -0.121. The summed E-state index contributed by atoms with van der Waals surface area (Å²) in [5.74, 6) is -0.424. The molecule has 7 nitrogen and oxygen atoms in total. The number of fused-ring (bicyclic) bond motifs is 1. The van der Waals surface area contributed by atoms with Crippen molar-refractivity contribution in [2.75, 3.05) is 6.54 Å². The number of nitrogens with one attached hydrogen (secondary N) is 2. The van der Waals surface area contributed by atoms with Crippen molar-refractivity contribution in [1.29, 1.82) is 0 Å². The van der Waals surface area contributed by atoms with Crippen LogP contribution in [0.1, 0.15) is 18.5 Å². The predicted octanol–water partition coefficient (Wildman–Crippen LogP) is 0.912. The molecule has 2 aromatic rings. The quantitative estimate of drug-likeness (QED) is 0.878. The Labute approximate surface area is 131 Å². The van der Waals surface area contributed by atoms with Crippen LogP contribution in [-0.2, 0) is 16.0 Å². The van der Waals surface area contributed by atoms with E-state index >= 15 is 0 Å². The van der Waals surface area contributed by atoms with Crippen molar-refractivity contribution in [2.45, 2.75) is 19.3 Å². The van der Waals surface area contributed by atoms with E-state index in [-0.39, 0.29) is 11.8 Å². The summed E-state index contributed by atoms with van der Waals surface area (Å²) in [5, 5.41) is 7.17. The summed E-state index contributed by atoms with van der Waals surface area (Å²) in [6.45, 7) is 0.448. The SMILES string of the molecule is O=C1CCC(C(=O)NCCc2cn3cc(Cl)ccc3n2)=NN1. The minimum atomic E-state index is -0.258. The molecular weight excluding hydrogens is 306 g/mol. The van der Waals surface area contributed by atoms with Crippen LogP contribution < -0.4 is 10.7 Å². The molecule has 0 bridgehead atoms. The first-order valence-electron chi connectivity index (χ1n) is 6.88. The van der Waals surface area contributed by atoms with Crippen LogP contribution in [0.2, 0.25) is 5.02 Å². The molecule has 1 aliphatic rings. The van der Waals surface area contributed by atoms with Gasteiger partial charge in [-0.2, -0.15) is 5.10 Å². The lowest BCUT2D eigenvalue weighted by Crippen LogP contribution is -2.37. The smallest absolute Gasteiger partial charge is 0.267 e. The number of hydrogen-bond donors (Lipinski definition) is 2. The van der Waals surface area contributed by atoms with Gasteiger partial charge in [-0.05, 0) is 12.1 Å². The van der Waals surface area contributed by atoms with Gasteiger partial charge in [0.2, 0.25) is 5.91 Å². The first-order chi connectivity index (χ1) is 10.6. The minimum absolute atomic E-state index is 0.167. The second kappa shape index (κ2) is 6.15. The highest BCUT2D eigenvalue weighted by Gasteiger charge is 2.17. The predicted molar refractivity (Wildman–Crippen MR) is 81.7 cm³/mol. The van der Waals surface area contributed by atoms with Crippen molar-refractivity contribution < 1.29 is 9.59 Å². The molecular formula is C14H14ClN5O2. The van der Waals surface area contributed by atoms with Crippen LogP contribution in [0.5, 0.6) is 0 Å². The Morgan fingerprint density at radius 3 is 3.00 bits per heavy atom. The Hall–Kier alpha value is -2.41. The van der Waals surface area contributed by atoms with Crippen molar-refractivity contribution >= 4 is 34.8 Å². The van der Waals surface area contributed by atoms with Crippen LogP contribution in [0, 0.1) is 0 Å². The van der Waals surface area contributed by atoms with E-state index in [9.17, 15) is 9.59 Å². The monoisotopic (exact) mass is 319 g/mol. The maximum absolute atomic E-state index is 11.9. The molecule has 2 amide bonds. The van der Waals surface area contributed by atoms with E-state index in [1.165, 1.54) is 0 Å². The lowest BCUT2D eigenvalue weighted by atomic mass is 10.1. The summed E-state index contributed by atoms with van der Waals surface area (Å²) in [5.41, 5.74) is 4.33. The van der Waals surface area contributed by atoms with E-state index in [2.05, 4.69) is 20.8 Å². The molecule has 8 heteroatoms. The van der Waals surface area contributed by atoms with E-state index < -0.39 is 0 Å². The third-order valence-corrected chi connectivity index (χ3v) is 3.52. The van der Waals surface area contributed by atoms with E-state index in [0.29, 0.717) is 36.5 Å². The zero-order chi connectivity index (χ0) is 15.5. The number of aromatic nitrogens is 2. The molecule has 0 aliphatic carbocycles. The maximum Gasteiger partial charge on any atom is 0.267 e. The lowest BCUT2D eigenvalue weighted by Gasteiger charge is -2.11. The summed E-state index contributed by atoms with van der Waals surface area (Å²) in [7, 11) is 0. The number of nitrogens with zero attached hydrogens (tertiary/aromatic N) is 3. The minimum Gasteiger partial charge on any atom is -0.351 e. The third-order valence-electron chi connectivity index (χ3n) is 3.30. The molecule has 2 N–H and O–H groups in total. The van der Waals surface area contributed by atoms with Gasteiger partial charge < -0.3 is 9.72 Å². The Bertz CT molecular complexity index is 768. The number of rotatable bonds is 4. The van der Waals surface area contributed by atoms with Gasteiger partial charge in [0, 0.05) is 38.2 Å². The molecule has 3 rings (SSSR count). The van der Waals surface area contributed by atoms with Crippen molar-refractivity contribution in [3.05, 3.63) is 35.2 Å². The van der Waals surface area contributed by atoms with E-state index in [1.807, 2.05) is 16.7 Å². The molecule has 1 aliphatic heterocycles. The Morgan fingerprint density at radius 1 is 1.36 bits per heavy atom. The van der Waals surface area contributed by atoms with Crippen molar-refractivity contribution in [1.82, 2.24) is 20.1 Å². The number of carbonyl (C=O) groups excluding carboxylic acids is 2. The molecule has 0 unspecified atom stereocenters. The number of hydrazone groups is 1. The largest absolute Gasteiger partial charge is 0.351 e. The Balaban J connectivity index is 1.55. The van der Waals surface area contributed by atoms with Gasteiger partial charge in [-0.25, -0.2) is 10.4 Å². The summed E-state index contributed by atoms with van der Waals surface area (Å²) in [6, 6.07) is 3.62. The molecule has 0 saturated carbocycles. The number of pyridine rings is 1. The number of amides is 2. The zero-order valence-corrected chi connectivity index (χ0v) is 12.4. The van der Waals surface area contributed by atoms with Crippen LogP contribution in [0.3, 0.4) is 0 Å². The molecule has 0 aromatic carbocycles. The highest BCUT2D eigenvalue weighted by atomic mass is 35.5. The van der Waals surface area contributed by atoms with Gasteiger partial charge in [0.05, 0.1) is 10.7 Å². The molecule has 3 heterocycles. The average Bonchev–Trinajstić information content (AvgIpc) is 2.89. The van der Waals surface area contributed by atoms with Crippen LogP contribution in [0.4, 0.5) is 0 Å². The van der Waals surface area contributed by atoms with Gasteiger partial charge in [0.15, 0.2) is 0 Å². The van der Waals surface area contributed by atoms with E-state index in [4.69, 9.17) is 11.6 Å². The van der Waals surface area contributed by atoms with Gasteiger partial charge in [-0.1, -0.05) is 11.6 Å². The topological polar surface area (TPSA) is 87.9 Å². The van der Waals surface area contributed by atoms with Crippen LogP contribution in [0.25, 0.3) is 5.65 Å². The highest BCUT2D eigenvalue weighted by Crippen LogP contribution is 2.11. The Kier molecular flexibility index (Phi) is 4.06. The normalized spacial score (nSPS) is 14.6. The molecule has 2 aromatic heterocycles. The first-order valence-corrected chi connectivity index (χ1v) is 7.26. The average molecular weight is 320 g/mol. The highest BCUT2D eigenvalue weighted by molar-refractivity contribution is 6.39. The zero-order valence-electron chi connectivity index (χ0n) is 11.7. The summed E-state index contributed by atoms with van der Waals surface area (Å²) in [6.07, 6.45) is 4.92. The van der Waals surface area contributed by atoms with Gasteiger partial charge in [-0.15, -0.1) is 0 Å². The second-order valence-corrected chi connectivity index (χ2v) is 5.38. The number of hydrogen-bond acceptors (Lipinski definition) is 4. The summed E-state index contributed by atoms with van der Waals surface area (Å²) < 4.78 is 1.85. The maximum atomic E-state index is 11.9. The van der Waals surface area contributed by atoms with Crippen LogP contribution in [-0.4, -0.2) is 33.5 Å². The van der Waals surface area contributed by atoms with Gasteiger partial charge in [-0.3, -0.25) is 9.59 Å². The fourth-order valence-electron chi connectivity index (χ4n) is 2.18. The molecule has 0 saturated heterocycles. The van der Waals surface area contributed by atoms with E-state index in [1.54, 1.807) is 12.3 Å². The Morgan fingerprint density at radius 2 is 2.23 bits per heavy atom. The molecule has 22 heavy (non-hydrogen) atoms. The van der Waals surface area contributed by atoms with Crippen molar-refractivity contribution in [2.24, 2.45) is 5.10 Å². The molecule has 0 radical (unpaired) electrons. The molecule has 114 valence electrons. The fraction of sp³-hybridized carbons (Fsp3) is 0.286. The fourth-order valence-corrected chi connectivity index (χ4v) is 2.35. The summed E-state index contributed by atoms with van der Waals surface area (Å²) >= 11 is 5.92. The van der Waals surface area contributed by atoms with Gasteiger partial charge in [0.25, 0.3) is 5.91 Å².